The minimum atomic E-state index is 0.194. The summed E-state index contributed by atoms with van der Waals surface area (Å²) in [5.41, 5.74) is 2.97. The summed E-state index contributed by atoms with van der Waals surface area (Å²) in [4.78, 5) is 4.14. The van der Waals surface area contributed by atoms with Crippen LogP contribution in [0.5, 0.6) is 0 Å². The first-order valence-electron chi connectivity index (χ1n) is 3.28. The number of thiazole rings is 1. The van der Waals surface area contributed by atoms with Crippen molar-refractivity contribution in [2.45, 2.75) is 0 Å². The zero-order chi connectivity index (χ0) is 8.81. The van der Waals surface area contributed by atoms with Gasteiger partial charge in [0.25, 0.3) is 0 Å². The molecule has 0 aliphatic carbocycles. The third kappa shape index (κ3) is 2.63. The second-order valence-electron chi connectivity index (χ2n) is 1.92. The molecule has 1 aromatic carbocycles. The van der Waals surface area contributed by atoms with Gasteiger partial charge in [0.2, 0.25) is 0 Å². The maximum atomic E-state index is 4.76. The minimum Gasteiger partial charge on any atom is -0.245 e. The van der Waals surface area contributed by atoms with Crippen LogP contribution < -0.4 is 0 Å². The Hall–Kier alpha value is -0.310. The van der Waals surface area contributed by atoms with Crippen molar-refractivity contribution in [1.82, 2.24) is 4.98 Å². The molecular formula is C8H7Cl2NS. The molecule has 4 heteroatoms. The number of hydrogen-bond donors (Lipinski definition) is 0. The Kier molecular flexibility index (Phi) is 4.36. The van der Waals surface area contributed by atoms with Crippen molar-refractivity contribution in [3.63, 3.8) is 0 Å². The Labute approximate surface area is 85.0 Å². The van der Waals surface area contributed by atoms with Crippen LogP contribution in [0.3, 0.4) is 0 Å². The zero-order valence-corrected chi connectivity index (χ0v) is 8.53. The summed E-state index contributed by atoms with van der Waals surface area (Å²) < 4.78 is 1.26. The van der Waals surface area contributed by atoms with E-state index < -0.39 is 0 Å². The summed E-state index contributed by atoms with van der Waals surface area (Å²) in [6, 6.07) is 8.13. The quantitative estimate of drug-likeness (QED) is 0.616. The molecule has 0 atom stereocenters. The van der Waals surface area contributed by atoms with Crippen LogP contribution in [0.25, 0.3) is 10.2 Å². The molecule has 0 amide bonds. The Balaban J connectivity index is 0.000000213. The van der Waals surface area contributed by atoms with Crippen molar-refractivity contribution in [1.29, 1.82) is 0 Å². The molecule has 0 fully saturated rings. The smallest absolute Gasteiger partial charge is 0.0967 e. The number of alkyl halides is 2. The van der Waals surface area contributed by atoms with E-state index in [9.17, 15) is 0 Å². The fraction of sp³-hybridized carbons (Fsp3) is 0.125. The molecule has 0 unspecified atom stereocenters. The standard InChI is InChI=1S/C7H5NS.CH2Cl2/c1-2-4-7-6(3-1)8-5-9-7;2-1-3/h1-5H;1H2. The highest BCUT2D eigenvalue weighted by Crippen LogP contribution is 2.15. The molecule has 64 valence electrons. The summed E-state index contributed by atoms with van der Waals surface area (Å²) in [7, 11) is 0. The average Bonchev–Trinajstić information content (AvgIpc) is 2.52. The van der Waals surface area contributed by atoms with Crippen LogP contribution in [0.15, 0.2) is 29.8 Å². The summed E-state index contributed by atoms with van der Waals surface area (Å²) in [5, 5.41) is 0.194. The molecule has 0 spiro atoms. The van der Waals surface area contributed by atoms with E-state index in [0.717, 1.165) is 5.52 Å². The monoisotopic (exact) mass is 219 g/mol. The van der Waals surface area contributed by atoms with Gasteiger partial charge in [-0.1, -0.05) is 12.1 Å². The zero-order valence-electron chi connectivity index (χ0n) is 6.21. The van der Waals surface area contributed by atoms with Gasteiger partial charge in [-0.15, -0.1) is 34.5 Å². The lowest BCUT2D eigenvalue weighted by molar-refractivity contribution is 1.50. The van der Waals surface area contributed by atoms with E-state index in [1.54, 1.807) is 11.3 Å². The first kappa shape index (κ1) is 9.78. The lowest BCUT2D eigenvalue weighted by Crippen LogP contribution is -1.61. The minimum absolute atomic E-state index is 0.194. The van der Waals surface area contributed by atoms with Crippen molar-refractivity contribution in [3.8, 4) is 0 Å². The molecule has 2 rings (SSSR count). The van der Waals surface area contributed by atoms with Gasteiger partial charge in [0.15, 0.2) is 0 Å². The summed E-state index contributed by atoms with van der Waals surface area (Å²) in [6.45, 7) is 0. The van der Waals surface area contributed by atoms with Gasteiger partial charge in [0.1, 0.15) is 0 Å². The first-order valence-corrected chi connectivity index (χ1v) is 5.23. The van der Waals surface area contributed by atoms with E-state index in [1.165, 1.54) is 4.70 Å². The van der Waals surface area contributed by atoms with Crippen LogP contribution in [-0.2, 0) is 0 Å². The normalized spacial score (nSPS) is 9.17. The van der Waals surface area contributed by atoms with Crippen molar-refractivity contribution >= 4 is 44.8 Å². The van der Waals surface area contributed by atoms with E-state index in [4.69, 9.17) is 23.2 Å². The Morgan fingerprint density at radius 1 is 1.25 bits per heavy atom. The van der Waals surface area contributed by atoms with Crippen molar-refractivity contribution in [3.05, 3.63) is 29.8 Å². The fourth-order valence-corrected chi connectivity index (χ4v) is 1.48. The molecule has 1 heterocycles. The topological polar surface area (TPSA) is 12.9 Å². The SMILES string of the molecule is ClCCl.c1ccc2scnc2c1. The highest BCUT2D eigenvalue weighted by Gasteiger charge is 1.89. The number of benzene rings is 1. The van der Waals surface area contributed by atoms with Crippen LogP contribution in [0, 0.1) is 0 Å². The second kappa shape index (κ2) is 5.36. The number of halogens is 2. The van der Waals surface area contributed by atoms with E-state index in [-0.39, 0.29) is 5.34 Å². The van der Waals surface area contributed by atoms with Crippen LogP contribution in [0.4, 0.5) is 0 Å². The van der Waals surface area contributed by atoms with E-state index in [2.05, 4.69) is 11.1 Å². The van der Waals surface area contributed by atoms with Gasteiger partial charge in [-0.3, -0.25) is 0 Å². The van der Waals surface area contributed by atoms with Crippen molar-refractivity contribution in [2.24, 2.45) is 0 Å². The third-order valence-corrected chi connectivity index (χ3v) is 2.05. The van der Waals surface area contributed by atoms with Gasteiger partial charge in [-0.05, 0) is 12.1 Å². The summed E-state index contributed by atoms with van der Waals surface area (Å²) in [6.07, 6.45) is 0. The van der Waals surface area contributed by atoms with Gasteiger partial charge in [-0.2, -0.15) is 0 Å². The Morgan fingerprint density at radius 3 is 2.58 bits per heavy atom. The van der Waals surface area contributed by atoms with E-state index in [0.29, 0.717) is 0 Å². The van der Waals surface area contributed by atoms with Gasteiger partial charge in [0.05, 0.1) is 21.1 Å². The number of fused-ring (bicyclic) bond motifs is 1. The van der Waals surface area contributed by atoms with Crippen molar-refractivity contribution < 1.29 is 0 Å². The third-order valence-electron chi connectivity index (χ3n) is 1.24. The largest absolute Gasteiger partial charge is 0.245 e. The predicted molar refractivity (Wildman–Crippen MR) is 56.2 cm³/mol. The average molecular weight is 220 g/mol. The molecule has 0 saturated heterocycles. The Bertz CT molecular complexity index is 304. The van der Waals surface area contributed by atoms with Crippen LogP contribution in [0.1, 0.15) is 0 Å². The summed E-state index contributed by atoms with van der Waals surface area (Å²) >= 11 is 11.2. The molecule has 0 radical (unpaired) electrons. The van der Waals surface area contributed by atoms with Gasteiger partial charge >= 0.3 is 0 Å². The number of para-hydroxylation sites is 1. The van der Waals surface area contributed by atoms with Gasteiger partial charge in [0, 0.05) is 0 Å². The number of nitrogens with zero attached hydrogens (tertiary/aromatic N) is 1. The Morgan fingerprint density at radius 2 is 1.92 bits per heavy atom. The molecule has 2 aromatic rings. The summed E-state index contributed by atoms with van der Waals surface area (Å²) in [5.74, 6) is 0. The lowest BCUT2D eigenvalue weighted by atomic mass is 10.3. The van der Waals surface area contributed by atoms with E-state index >= 15 is 0 Å². The molecule has 12 heavy (non-hydrogen) atoms. The molecule has 0 saturated carbocycles. The van der Waals surface area contributed by atoms with Crippen LogP contribution in [-0.4, -0.2) is 10.3 Å². The van der Waals surface area contributed by atoms with Gasteiger partial charge < -0.3 is 0 Å². The molecule has 0 aliphatic rings. The molecular weight excluding hydrogens is 213 g/mol. The molecule has 0 N–H and O–H groups in total. The highest BCUT2D eigenvalue weighted by atomic mass is 35.5. The van der Waals surface area contributed by atoms with Gasteiger partial charge in [-0.25, -0.2) is 4.98 Å². The number of aromatic nitrogens is 1. The van der Waals surface area contributed by atoms with Crippen LogP contribution >= 0.6 is 34.5 Å². The van der Waals surface area contributed by atoms with Crippen LogP contribution in [0.2, 0.25) is 0 Å². The van der Waals surface area contributed by atoms with Crippen molar-refractivity contribution in [2.75, 3.05) is 5.34 Å². The first-order chi connectivity index (χ1) is 5.88. The maximum Gasteiger partial charge on any atom is 0.0967 e. The lowest BCUT2D eigenvalue weighted by Gasteiger charge is -1.80. The molecule has 1 nitrogen and oxygen atoms in total. The molecule has 0 aliphatic heterocycles. The number of rotatable bonds is 0. The highest BCUT2D eigenvalue weighted by molar-refractivity contribution is 7.16. The fourth-order valence-electron chi connectivity index (χ4n) is 0.803. The number of hydrogen-bond acceptors (Lipinski definition) is 2. The molecule has 1 aromatic heterocycles. The molecule has 0 bridgehead atoms. The predicted octanol–water partition coefficient (Wildman–Crippen LogP) is 3.72. The second-order valence-corrected chi connectivity index (χ2v) is 3.62. The maximum absolute atomic E-state index is 4.76. The van der Waals surface area contributed by atoms with E-state index in [1.807, 2.05) is 23.7 Å².